The molecule has 22 nitrogen and oxygen atoms in total. The molecule has 0 bridgehead atoms. The van der Waals surface area contributed by atoms with Crippen molar-refractivity contribution in [2.45, 2.75) is 140 Å². The Kier molecular flexibility index (Phi) is 19.4. The Morgan fingerprint density at radius 1 is 0.905 bits per heavy atom. The minimum absolute atomic E-state index is 0.0220. The van der Waals surface area contributed by atoms with Crippen LogP contribution < -0.4 is 16.2 Å². The van der Waals surface area contributed by atoms with Crippen molar-refractivity contribution < 1.29 is 78.1 Å². The molecule has 74 heavy (non-hydrogen) atoms. The smallest absolute Gasteiger partial charge is 0.343 e. The van der Waals surface area contributed by atoms with Crippen molar-refractivity contribution in [2.24, 2.45) is 0 Å². The summed E-state index contributed by atoms with van der Waals surface area (Å²) in [6.45, 7) is 1.97. The third-order valence-electron chi connectivity index (χ3n) is 13.8. The molecule has 402 valence electrons. The number of likely N-dealkylation sites (N-methyl/N-ethyl adjacent to an activating group) is 1. The molecule has 0 saturated carbocycles. The summed E-state index contributed by atoms with van der Waals surface area (Å²) in [5.41, 5.74) is 1.15. The number of aryl methyl sites for hydroxylation is 2. The number of amides is 5. The van der Waals surface area contributed by atoms with E-state index < -0.39 is 102 Å². The molecule has 6 rings (SSSR count). The van der Waals surface area contributed by atoms with Crippen LogP contribution in [0.1, 0.15) is 105 Å². The molecule has 3 aliphatic heterocycles. The van der Waals surface area contributed by atoms with Crippen molar-refractivity contribution in [3.63, 3.8) is 0 Å². The van der Waals surface area contributed by atoms with Gasteiger partial charge in [0.2, 0.25) is 17.7 Å². The lowest BCUT2D eigenvalue weighted by atomic mass is 9.86. The number of carbonyl (C=O) groups is 7. The highest BCUT2D eigenvalue weighted by atomic mass is 19.1. The van der Waals surface area contributed by atoms with Crippen molar-refractivity contribution in [3.8, 4) is 11.4 Å². The zero-order chi connectivity index (χ0) is 54.0. The maximum atomic E-state index is 14.9. The van der Waals surface area contributed by atoms with E-state index in [2.05, 4.69) is 10.6 Å². The Labute approximate surface area is 425 Å². The highest BCUT2D eigenvalue weighted by Crippen LogP contribution is 2.41. The van der Waals surface area contributed by atoms with E-state index >= 15 is 0 Å². The number of fused-ring (bicyclic) bond motifs is 5. The number of ether oxygens (including phenoxy) is 2. The first-order valence-corrected chi connectivity index (χ1v) is 24.8. The molecule has 23 heteroatoms. The number of esters is 1. The molecule has 3 aromatic rings. The first kappa shape index (κ1) is 56.9. The molecule has 0 spiro atoms. The van der Waals surface area contributed by atoms with Crippen molar-refractivity contribution in [3.05, 3.63) is 74.3 Å². The van der Waals surface area contributed by atoms with Gasteiger partial charge in [-0.1, -0.05) is 13.3 Å². The number of aliphatic hydroxyl groups excluding tert-OH is 5. The van der Waals surface area contributed by atoms with Crippen LogP contribution in [0.15, 0.2) is 35.1 Å². The van der Waals surface area contributed by atoms with Gasteiger partial charge < -0.3 is 60.2 Å². The summed E-state index contributed by atoms with van der Waals surface area (Å²) in [5, 5.41) is 66.4. The Morgan fingerprint density at radius 2 is 1.62 bits per heavy atom. The molecule has 5 heterocycles. The summed E-state index contributed by atoms with van der Waals surface area (Å²) >= 11 is 0. The number of halogens is 1. The van der Waals surface area contributed by atoms with Gasteiger partial charge in [0.1, 0.15) is 43.6 Å². The number of pyridine rings is 2. The molecule has 0 fully saturated rings. The summed E-state index contributed by atoms with van der Waals surface area (Å²) in [4.78, 5) is 109. The number of benzene rings is 1. The maximum absolute atomic E-state index is 14.9. The number of imide groups is 1. The molecular formula is C51H65FN6O16. The molecule has 0 unspecified atom stereocenters. The van der Waals surface area contributed by atoms with Gasteiger partial charge in [-0.05, 0) is 75.1 Å². The molecule has 2 aromatic heterocycles. The largest absolute Gasteiger partial charge is 0.458 e. The second-order valence-electron chi connectivity index (χ2n) is 18.9. The second kappa shape index (κ2) is 25.3. The number of nitrogens with zero attached hydrogens (tertiary/aromatic N) is 4. The minimum Gasteiger partial charge on any atom is -0.458 e. The highest BCUT2D eigenvalue weighted by Gasteiger charge is 2.45. The van der Waals surface area contributed by atoms with Crippen LogP contribution in [0.3, 0.4) is 0 Å². The standard InChI is InChI=1S/C51H65FN6O16/c1-4-51(72)33-21-37-46-31(23-58(37)49(70)32(33)26-74-50(51)71)29(30-20-28(2)34(52)22-36(30)55-46)10-7-9-19-73-27-53-41(63)14-13-38(60)35(54-42(64)11-6-5-8-18-57-44(66)16-17-45(57)67)12-15-43(65)56(3)24-39(61)47(68)48(69)40(62)25-59/h16-17,20-22,35,39-40,47-48,59,61-62,68-69,72H,4-15,18-19,23-27H2,1-3H3,(H,53,63)(H,54,64)/t35-,39-,40+,47+,48+,51-/m0/s1. The third-order valence-corrected chi connectivity index (χ3v) is 13.8. The molecule has 1 aromatic carbocycles. The number of Topliss-reactive ketones (excluding diaryl/α,β-unsaturated/α-hetero) is 1. The monoisotopic (exact) mass is 1040 g/mol. The topological polar surface area (TPSA) is 325 Å². The van der Waals surface area contributed by atoms with Gasteiger partial charge in [0.15, 0.2) is 11.4 Å². The lowest BCUT2D eigenvalue weighted by Gasteiger charge is -2.31. The summed E-state index contributed by atoms with van der Waals surface area (Å²) in [6, 6.07) is 3.46. The van der Waals surface area contributed by atoms with E-state index in [1.807, 2.05) is 0 Å². The van der Waals surface area contributed by atoms with Crippen LogP contribution in [-0.4, -0.2) is 162 Å². The molecular weight excluding hydrogens is 972 g/mol. The average Bonchev–Trinajstić information content (AvgIpc) is 3.91. The van der Waals surface area contributed by atoms with Crippen molar-refractivity contribution in [1.29, 1.82) is 0 Å². The predicted molar refractivity (Wildman–Crippen MR) is 260 cm³/mol. The fourth-order valence-corrected chi connectivity index (χ4v) is 9.26. The SMILES string of the molecule is CC[C@@]1(O)C(=O)OCc2c1cc1n(c2=O)Cc2c-1nc1cc(F)c(C)cc1c2CCCCOCNC(=O)CCC(=O)[C@H](CCC(=O)N(C)C[C@H](O)[C@@H](O)[C@H](O)[C@H](O)CO)NC(=O)CCCCCN1C(=O)C=CC1=O. The molecule has 0 aliphatic carbocycles. The van der Waals surface area contributed by atoms with E-state index in [4.69, 9.17) is 19.6 Å². The first-order chi connectivity index (χ1) is 35.2. The van der Waals surface area contributed by atoms with Gasteiger partial charge in [-0.3, -0.25) is 38.5 Å². The van der Waals surface area contributed by atoms with Crippen LogP contribution in [0.25, 0.3) is 22.3 Å². The Hall–Kier alpha value is -6.34. The molecule has 3 aliphatic rings. The zero-order valence-corrected chi connectivity index (χ0v) is 41.6. The van der Waals surface area contributed by atoms with Crippen molar-refractivity contribution in [1.82, 2.24) is 30.0 Å². The van der Waals surface area contributed by atoms with Crippen molar-refractivity contribution >= 4 is 52.2 Å². The average molecular weight is 1040 g/mol. The summed E-state index contributed by atoms with van der Waals surface area (Å²) in [7, 11) is 1.29. The van der Waals surface area contributed by atoms with Gasteiger partial charge in [-0.25, -0.2) is 14.2 Å². The van der Waals surface area contributed by atoms with E-state index in [0.717, 1.165) is 20.9 Å². The number of aliphatic hydroxyl groups is 6. The number of hydrogen-bond acceptors (Lipinski definition) is 17. The van der Waals surface area contributed by atoms with Crippen LogP contribution in [0.2, 0.25) is 0 Å². The summed E-state index contributed by atoms with van der Waals surface area (Å²) in [5.74, 6) is -4.34. The number of cyclic esters (lactones) is 1. The number of rotatable bonds is 28. The Balaban J connectivity index is 0.998. The second-order valence-corrected chi connectivity index (χ2v) is 18.9. The van der Waals surface area contributed by atoms with Gasteiger partial charge in [0.05, 0.1) is 41.7 Å². The normalized spacial score (nSPS) is 17.8. The lowest BCUT2D eigenvalue weighted by Crippen LogP contribution is -2.50. The predicted octanol–water partition coefficient (Wildman–Crippen LogP) is -0.0659. The van der Waals surface area contributed by atoms with E-state index in [0.29, 0.717) is 66.4 Å². The van der Waals surface area contributed by atoms with Crippen LogP contribution in [0.4, 0.5) is 4.39 Å². The molecule has 8 N–H and O–H groups in total. The van der Waals surface area contributed by atoms with E-state index in [1.54, 1.807) is 26.0 Å². The van der Waals surface area contributed by atoms with Gasteiger partial charge in [0, 0.05) is 87.2 Å². The highest BCUT2D eigenvalue weighted by molar-refractivity contribution is 6.12. The van der Waals surface area contributed by atoms with Crippen molar-refractivity contribution in [2.75, 3.05) is 40.1 Å². The Morgan fingerprint density at radius 3 is 2.32 bits per heavy atom. The van der Waals surface area contributed by atoms with E-state index in [9.17, 15) is 68.3 Å². The van der Waals surface area contributed by atoms with E-state index in [1.165, 1.54) is 29.8 Å². The molecule has 0 saturated heterocycles. The van der Waals surface area contributed by atoms with Gasteiger partial charge >= 0.3 is 5.97 Å². The van der Waals surface area contributed by atoms with Crippen LogP contribution >= 0.6 is 0 Å². The van der Waals surface area contributed by atoms with Gasteiger partial charge in [-0.15, -0.1) is 0 Å². The number of aromatic nitrogens is 2. The lowest BCUT2D eigenvalue weighted by molar-refractivity contribution is -0.172. The van der Waals surface area contributed by atoms with E-state index in [-0.39, 0.29) is 82.7 Å². The number of nitrogens with one attached hydrogen (secondary N) is 2. The summed E-state index contributed by atoms with van der Waals surface area (Å²) < 4.78 is 27.3. The summed E-state index contributed by atoms with van der Waals surface area (Å²) in [6.07, 6.45) is -3.23. The first-order valence-electron chi connectivity index (χ1n) is 24.8. The van der Waals surface area contributed by atoms with Gasteiger partial charge in [0.25, 0.3) is 17.4 Å². The molecule has 0 radical (unpaired) electrons. The quantitative estimate of drug-likeness (QED) is 0.0160. The van der Waals surface area contributed by atoms with Gasteiger partial charge in [-0.2, -0.15) is 0 Å². The third kappa shape index (κ3) is 13.1. The zero-order valence-electron chi connectivity index (χ0n) is 41.6. The van der Waals surface area contributed by atoms with Crippen LogP contribution in [0, 0.1) is 12.7 Å². The Bertz CT molecular complexity index is 2710. The maximum Gasteiger partial charge on any atom is 0.343 e. The number of unbranched alkanes of at least 4 members (excludes halogenated alkanes) is 3. The minimum atomic E-state index is -2.01. The fraction of sp³-hybridized carbons (Fsp3) is 0.549. The number of ketones is 1. The fourth-order valence-electron chi connectivity index (χ4n) is 9.26. The van der Waals surface area contributed by atoms with Crippen LogP contribution in [0.5, 0.6) is 0 Å². The number of carbonyl (C=O) groups excluding carboxylic acids is 7. The number of hydrogen-bond donors (Lipinski definition) is 8. The molecule has 6 atom stereocenters. The van der Waals surface area contributed by atoms with Crippen LogP contribution in [-0.2, 0) is 68.2 Å². The molecule has 5 amide bonds.